The zero-order valence-electron chi connectivity index (χ0n) is 15.2. The molecule has 0 aromatic carbocycles. The van der Waals surface area contributed by atoms with Crippen LogP contribution in [0.1, 0.15) is 64.7 Å². The molecule has 0 amide bonds. The second-order valence-electron chi connectivity index (χ2n) is 6.01. The van der Waals surface area contributed by atoms with Crippen LogP contribution in [0.25, 0.3) is 0 Å². The average molecular weight is 369 g/mol. The first kappa shape index (κ1) is 26.5. The van der Waals surface area contributed by atoms with Crippen LogP contribution in [-0.4, -0.2) is 46.5 Å². The summed E-state index contributed by atoms with van der Waals surface area (Å²) in [7, 11) is 0. The van der Waals surface area contributed by atoms with E-state index in [1.165, 1.54) is 19.3 Å². The number of nitrogens with zero attached hydrogens (tertiary/aromatic N) is 1. The summed E-state index contributed by atoms with van der Waals surface area (Å²) in [6, 6.07) is 0. The van der Waals surface area contributed by atoms with Crippen molar-refractivity contribution in [1.29, 1.82) is 0 Å². The molecule has 0 aromatic heterocycles. The Morgan fingerprint density at radius 2 is 1.67 bits per heavy atom. The van der Waals surface area contributed by atoms with Crippen LogP contribution in [0, 0.1) is 0 Å². The molecule has 2 N–H and O–H groups in total. The molecular weight excluding hydrogens is 337 g/mol. The molecule has 0 aliphatic carbocycles. The molecule has 0 aliphatic heterocycles. The van der Waals surface area contributed by atoms with Gasteiger partial charge in [0.25, 0.3) is 0 Å². The summed E-state index contributed by atoms with van der Waals surface area (Å²) in [6.45, 7) is 2.96. The number of allylic oxidation sites excluding steroid dienone is 1. The van der Waals surface area contributed by atoms with Crippen molar-refractivity contribution in [3.63, 3.8) is 0 Å². The Kier molecular flexibility index (Phi) is 18.4. The molecular formula is C17H31KNO5+. The Morgan fingerprint density at radius 1 is 1.04 bits per heavy atom. The molecule has 0 radical (unpaired) electrons. The van der Waals surface area contributed by atoms with Gasteiger partial charge in [0.15, 0.2) is 6.73 Å². The summed E-state index contributed by atoms with van der Waals surface area (Å²) in [5.41, 5.74) is 0. The molecule has 7 heteroatoms. The van der Waals surface area contributed by atoms with Crippen molar-refractivity contribution < 1.29 is 80.8 Å². The summed E-state index contributed by atoms with van der Waals surface area (Å²) in [5.74, 6) is -1.96. The summed E-state index contributed by atoms with van der Waals surface area (Å²) in [5, 5.41) is 29.1. The van der Waals surface area contributed by atoms with E-state index in [2.05, 4.69) is 6.92 Å². The predicted molar refractivity (Wildman–Crippen MR) is 86.1 cm³/mol. The first-order valence-corrected chi connectivity index (χ1v) is 8.51. The van der Waals surface area contributed by atoms with E-state index in [-0.39, 0.29) is 75.4 Å². The van der Waals surface area contributed by atoms with E-state index >= 15 is 0 Å². The molecule has 0 aromatic rings. The van der Waals surface area contributed by atoms with E-state index in [9.17, 15) is 19.8 Å². The maximum atomic E-state index is 10.7. The Balaban J connectivity index is 0. The molecule has 0 saturated heterocycles. The van der Waals surface area contributed by atoms with Crippen molar-refractivity contribution in [3.05, 3.63) is 12.3 Å². The second-order valence-corrected chi connectivity index (χ2v) is 6.01. The Bertz CT molecular complexity index is 354. The Labute approximate surface area is 187 Å². The zero-order valence-corrected chi connectivity index (χ0v) is 18.3. The number of hydrogen-bond donors (Lipinski definition) is 2. The Morgan fingerprint density at radius 3 is 2.17 bits per heavy atom. The number of hydrogen-bond acceptors (Lipinski definition) is 4. The second kappa shape index (κ2) is 16.7. The largest absolute Gasteiger partial charge is 1.00 e. The van der Waals surface area contributed by atoms with E-state index < -0.39 is 11.9 Å². The van der Waals surface area contributed by atoms with Crippen LogP contribution in [0.2, 0.25) is 0 Å². The number of quaternary nitrogens is 1. The van der Waals surface area contributed by atoms with Crippen molar-refractivity contribution in [2.24, 2.45) is 0 Å². The number of aliphatic hydroxyl groups is 1. The molecule has 0 saturated carbocycles. The molecule has 0 aliphatic rings. The molecule has 0 bridgehead atoms. The SMILES string of the molecule is CCCCCC/C=C/[N+](CO)(CCCC(=O)[O-])CCCC(=O)O.[K+]. The molecule has 134 valence electrons. The topological polar surface area (TPSA) is 97.7 Å². The summed E-state index contributed by atoms with van der Waals surface area (Å²) < 4.78 is 0.217. The van der Waals surface area contributed by atoms with Gasteiger partial charge < -0.3 is 20.1 Å². The van der Waals surface area contributed by atoms with E-state index in [1.807, 2.05) is 12.3 Å². The molecule has 1 unspecified atom stereocenters. The molecule has 0 fully saturated rings. The van der Waals surface area contributed by atoms with Gasteiger partial charge in [-0.3, -0.25) is 9.28 Å². The normalized spacial score (nSPS) is 13.4. The predicted octanol–water partition coefficient (Wildman–Crippen LogP) is -1.36. The van der Waals surface area contributed by atoms with Gasteiger partial charge in [-0.05, 0) is 25.3 Å². The quantitative estimate of drug-likeness (QED) is 0.161. The monoisotopic (exact) mass is 368 g/mol. The van der Waals surface area contributed by atoms with Gasteiger partial charge in [0.2, 0.25) is 0 Å². The number of rotatable bonds is 15. The minimum absolute atomic E-state index is 0. The van der Waals surface area contributed by atoms with E-state index in [4.69, 9.17) is 5.11 Å². The summed E-state index contributed by atoms with van der Waals surface area (Å²) in [4.78, 5) is 21.2. The van der Waals surface area contributed by atoms with Crippen LogP contribution in [0.5, 0.6) is 0 Å². The van der Waals surface area contributed by atoms with Gasteiger partial charge >= 0.3 is 57.4 Å². The van der Waals surface area contributed by atoms with E-state index in [0.717, 1.165) is 12.8 Å². The third-order valence-corrected chi connectivity index (χ3v) is 3.91. The van der Waals surface area contributed by atoms with Crippen LogP contribution < -0.4 is 56.5 Å². The maximum Gasteiger partial charge on any atom is 1.00 e. The van der Waals surface area contributed by atoms with Crippen LogP contribution in [-0.2, 0) is 9.59 Å². The molecule has 24 heavy (non-hydrogen) atoms. The van der Waals surface area contributed by atoms with Crippen molar-refractivity contribution >= 4 is 11.9 Å². The van der Waals surface area contributed by atoms with Crippen LogP contribution in [0.4, 0.5) is 0 Å². The number of carbonyl (C=O) groups excluding carboxylic acids is 1. The number of carboxylic acids is 2. The van der Waals surface area contributed by atoms with Gasteiger partial charge in [0.05, 0.1) is 25.7 Å². The number of aliphatic carboxylic acids is 2. The first-order valence-electron chi connectivity index (χ1n) is 8.51. The first-order chi connectivity index (χ1) is 11.0. The van der Waals surface area contributed by atoms with Crippen LogP contribution >= 0.6 is 0 Å². The van der Waals surface area contributed by atoms with Gasteiger partial charge in [0, 0.05) is 18.8 Å². The van der Waals surface area contributed by atoms with Gasteiger partial charge in [-0.15, -0.1) is 0 Å². The van der Waals surface area contributed by atoms with Crippen LogP contribution in [0.3, 0.4) is 0 Å². The van der Waals surface area contributed by atoms with Gasteiger partial charge in [-0.2, -0.15) is 0 Å². The number of unbranched alkanes of at least 4 members (excludes halogenated alkanes) is 4. The van der Waals surface area contributed by atoms with Crippen molar-refractivity contribution in [3.8, 4) is 0 Å². The van der Waals surface area contributed by atoms with Gasteiger partial charge in [0.1, 0.15) is 0 Å². The fourth-order valence-electron chi connectivity index (χ4n) is 2.52. The van der Waals surface area contributed by atoms with E-state index in [0.29, 0.717) is 25.9 Å². The minimum atomic E-state index is -1.10. The maximum absolute atomic E-state index is 10.7. The van der Waals surface area contributed by atoms with Crippen molar-refractivity contribution in [2.75, 3.05) is 19.8 Å². The van der Waals surface area contributed by atoms with E-state index in [1.54, 1.807) is 0 Å². The van der Waals surface area contributed by atoms with Gasteiger partial charge in [-0.1, -0.05) is 26.2 Å². The third-order valence-electron chi connectivity index (χ3n) is 3.91. The summed E-state index contributed by atoms with van der Waals surface area (Å²) in [6.07, 6.45) is 10.3. The third kappa shape index (κ3) is 14.6. The Hall–Kier alpha value is 0.236. The molecule has 1 atom stereocenters. The molecule has 0 spiro atoms. The fourth-order valence-corrected chi connectivity index (χ4v) is 2.52. The molecule has 0 rings (SSSR count). The molecule has 6 nitrogen and oxygen atoms in total. The number of carboxylic acid groups (broad SMARTS) is 2. The average Bonchev–Trinajstić information content (AvgIpc) is 2.49. The fraction of sp³-hybridized carbons (Fsp3) is 0.765. The summed E-state index contributed by atoms with van der Waals surface area (Å²) >= 11 is 0. The number of aliphatic hydroxyl groups excluding tert-OH is 1. The zero-order chi connectivity index (χ0) is 17.6. The minimum Gasteiger partial charge on any atom is -0.550 e. The van der Waals surface area contributed by atoms with Crippen LogP contribution in [0.15, 0.2) is 12.3 Å². The molecule has 0 heterocycles. The van der Waals surface area contributed by atoms with Crippen molar-refractivity contribution in [2.45, 2.75) is 64.7 Å². The number of carbonyl (C=O) groups is 2. The smallest absolute Gasteiger partial charge is 0.550 e. The van der Waals surface area contributed by atoms with Gasteiger partial charge in [-0.25, -0.2) is 0 Å². The standard InChI is InChI=1S/C17H31NO5.K/c1-2-3-4-5-6-7-12-18(15-19,13-8-10-16(20)21)14-9-11-17(22)23;/h7,12,19H,2-6,8-11,13-15H2,1H3,(H-,20,21,22,23);/q;+1/b12-7+;. The van der Waals surface area contributed by atoms with Crippen molar-refractivity contribution in [1.82, 2.24) is 0 Å².